The predicted molar refractivity (Wildman–Crippen MR) is 147 cm³/mol. The van der Waals surface area contributed by atoms with Crippen molar-refractivity contribution in [3.63, 3.8) is 0 Å². The first-order valence-corrected chi connectivity index (χ1v) is 13.7. The normalized spacial score (nSPS) is 15.8. The van der Waals surface area contributed by atoms with Gasteiger partial charge in [0.05, 0.1) is 0 Å². The van der Waals surface area contributed by atoms with Crippen molar-refractivity contribution in [3.05, 3.63) is 23.8 Å². The van der Waals surface area contributed by atoms with Crippen LogP contribution in [0.3, 0.4) is 0 Å². The fraction of sp³-hybridized carbons (Fsp3) is 0.655. The summed E-state index contributed by atoms with van der Waals surface area (Å²) < 4.78 is 26.8. The number of carboxylic acid groups (broad SMARTS) is 1. The number of carboxylic acids is 1. The van der Waals surface area contributed by atoms with E-state index in [0.29, 0.717) is 12.0 Å². The number of carbonyl (C=O) groups excluding carboxylic acids is 3. The number of carbonyl (C=O) groups is 4. The van der Waals surface area contributed by atoms with Gasteiger partial charge in [-0.25, -0.2) is 9.59 Å². The molecule has 0 aliphatic heterocycles. The van der Waals surface area contributed by atoms with Crippen LogP contribution in [0.1, 0.15) is 86.6 Å². The highest BCUT2D eigenvalue weighted by Gasteiger charge is 2.36. The maximum atomic E-state index is 12.6. The van der Waals surface area contributed by atoms with Crippen LogP contribution in [0.4, 0.5) is 9.59 Å². The van der Waals surface area contributed by atoms with Crippen molar-refractivity contribution in [2.45, 2.75) is 105 Å². The Labute approximate surface area is 236 Å². The zero-order chi connectivity index (χ0) is 30.7. The van der Waals surface area contributed by atoms with Crippen LogP contribution >= 0.6 is 0 Å². The van der Waals surface area contributed by atoms with Gasteiger partial charge in [-0.3, -0.25) is 9.59 Å². The van der Waals surface area contributed by atoms with Crippen molar-refractivity contribution in [1.82, 2.24) is 0 Å². The zero-order valence-electron chi connectivity index (χ0n) is 25.0. The second-order valence-corrected chi connectivity index (χ2v) is 10.7. The smallest absolute Gasteiger partial charge is 0.480 e. The van der Waals surface area contributed by atoms with Crippen molar-refractivity contribution in [2.24, 2.45) is 23.5 Å². The summed E-state index contributed by atoms with van der Waals surface area (Å²) in [5.74, 6) is -3.41. The molecule has 11 heteroatoms. The van der Waals surface area contributed by atoms with Gasteiger partial charge in [0.1, 0.15) is 24.4 Å². The van der Waals surface area contributed by atoms with Crippen molar-refractivity contribution >= 4 is 24.2 Å². The molecular weight excluding hydrogens is 522 g/mol. The van der Waals surface area contributed by atoms with Crippen LogP contribution < -0.4 is 15.2 Å². The molecule has 0 amide bonds. The van der Waals surface area contributed by atoms with Gasteiger partial charge in [-0.1, -0.05) is 47.6 Å². The van der Waals surface area contributed by atoms with Gasteiger partial charge in [-0.05, 0) is 56.7 Å². The Balaban J connectivity index is 3.48. The Morgan fingerprint density at radius 2 is 1.27 bits per heavy atom. The summed E-state index contributed by atoms with van der Waals surface area (Å²) in [6.07, 6.45) is -2.82. The quantitative estimate of drug-likeness (QED) is 0.162. The summed E-state index contributed by atoms with van der Waals surface area (Å²) in [6, 6.07) is 2.83. The first-order chi connectivity index (χ1) is 18.6. The molecule has 11 nitrogen and oxygen atoms in total. The number of esters is 1. The van der Waals surface area contributed by atoms with Crippen LogP contribution in [0.2, 0.25) is 0 Å². The van der Waals surface area contributed by atoms with Gasteiger partial charge < -0.3 is 34.5 Å². The molecule has 1 aromatic rings. The number of hydrogen-bond acceptors (Lipinski definition) is 10. The molecule has 0 spiro atoms. The Hall–Kier alpha value is -3.34. The first-order valence-electron chi connectivity index (χ1n) is 13.7. The van der Waals surface area contributed by atoms with E-state index in [1.807, 2.05) is 34.6 Å². The molecule has 6 atom stereocenters. The van der Waals surface area contributed by atoms with E-state index in [4.69, 9.17) is 29.4 Å². The van der Waals surface area contributed by atoms with Crippen molar-refractivity contribution in [2.75, 3.05) is 0 Å². The number of nitrogens with two attached hydrogens (primary N) is 1. The second kappa shape index (κ2) is 16.1. The maximum Gasteiger partial charge on any atom is 0.514 e. The highest BCUT2D eigenvalue weighted by Crippen LogP contribution is 2.37. The molecule has 0 aliphatic carbocycles. The molecule has 3 N–H and O–H groups in total. The summed E-state index contributed by atoms with van der Waals surface area (Å²) in [6.45, 7) is 16.1. The molecule has 0 saturated heterocycles. The molecule has 0 bridgehead atoms. The molecule has 5 unspecified atom stereocenters. The molecular formula is C29H45NO10. The van der Waals surface area contributed by atoms with Crippen LogP contribution in [-0.2, 0) is 23.8 Å². The molecule has 0 aromatic heterocycles. The Morgan fingerprint density at radius 1 is 0.775 bits per heavy atom. The van der Waals surface area contributed by atoms with Gasteiger partial charge in [0.25, 0.3) is 0 Å². The molecule has 40 heavy (non-hydrogen) atoms. The minimum absolute atomic E-state index is 0.0119. The van der Waals surface area contributed by atoms with E-state index in [9.17, 15) is 24.3 Å². The Morgan fingerprint density at radius 3 is 1.73 bits per heavy atom. The van der Waals surface area contributed by atoms with Gasteiger partial charge in [0.2, 0.25) is 0 Å². The third kappa shape index (κ3) is 10.7. The molecule has 0 radical (unpaired) electrons. The topological polar surface area (TPSA) is 161 Å². The van der Waals surface area contributed by atoms with Crippen molar-refractivity contribution in [3.8, 4) is 11.5 Å². The third-order valence-corrected chi connectivity index (χ3v) is 6.93. The van der Waals surface area contributed by atoms with E-state index in [-0.39, 0.29) is 29.8 Å². The van der Waals surface area contributed by atoms with Crippen LogP contribution in [-0.4, -0.2) is 53.7 Å². The van der Waals surface area contributed by atoms with Crippen molar-refractivity contribution in [1.29, 1.82) is 0 Å². The summed E-state index contributed by atoms with van der Waals surface area (Å²) in [4.78, 5) is 49.1. The standard InChI is InChI=1S/C29H45NO10/c1-10-11-24(31)36-20(9)17(6)25(26(30)27(32)33)21-12-13-22(39-28(34)37-18(7)15(2)3)23(14-21)40-29(35)38-19(8)16(4)5/h12-20,25-26H,10-11,30H2,1-9H3,(H,32,33)/t17?,18?,19?,20?,25?,26-/m0/s1. The first kappa shape index (κ1) is 34.7. The lowest BCUT2D eigenvalue weighted by Gasteiger charge is -2.32. The van der Waals surface area contributed by atoms with E-state index >= 15 is 0 Å². The lowest BCUT2D eigenvalue weighted by molar-refractivity contribution is -0.151. The number of ether oxygens (including phenoxy) is 5. The van der Waals surface area contributed by atoms with Crippen LogP contribution in [0.5, 0.6) is 11.5 Å². The Kier molecular flexibility index (Phi) is 13.9. The van der Waals surface area contributed by atoms with Gasteiger partial charge in [-0.2, -0.15) is 0 Å². The van der Waals surface area contributed by atoms with E-state index in [1.165, 1.54) is 18.2 Å². The maximum absolute atomic E-state index is 12.6. The molecule has 1 aromatic carbocycles. The van der Waals surface area contributed by atoms with E-state index in [1.54, 1.807) is 27.7 Å². The molecule has 0 aliphatic rings. The number of rotatable bonds is 14. The van der Waals surface area contributed by atoms with Gasteiger partial charge in [0, 0.05) is 18.3 Å². The van der Waals surface area contributed by atoms with Crippen LogP contribution in [0.15, 0.2) is 18.2 Å². The summed E-state index contributed by atoms with van der Waals surface area (Å²) in [7, 11) is 0. The lowest BCUT2D eigenvalue weighted by Crippen LogP contribution is -2.42. The highest BCUT2D eigenvalue weighted by atomic mass is 16.7. The predicted octanol–water partition coefficient (Wildman–Crippen LogP) is 5.67. The lowest BCUT2D eigenvalue weighted by atomic mass is 9.79. The van der Waals surface area contributed by atoms with Gasteiger partial charge >= 0.3 is 24.2 Å². The van der Waals surface area contributed by atoms with Crippen molar-refractivity contribution < 1.29 is 48.0 Å². The molecule has 0 saturated carbocycles. The summed E-state index contributed by atoms with van der Waals surface area (Å²) >= 11 is 0. The second-order valence-electron chi connectivity index (χ2n) is 10.7. The highest BCUT2D eigenvalue weighted by molar-refractivity contribution is 5.75. The molecule has 1 rings (SSSR count). The van der Waals surface area contributed by atoms with E-state index in [0.717, 1.165) is 0 Å². The van der Waals surface area contributed by atoms with Gasteiger partial charge in [0.15, 0.2) is 11.5 Å². The molecule has 0 heterocycles. The average molecular weight is 568 g/mol. The third-order valence-electron chi connectivity index (χ3n) is 6.93. The minimum atomic E-state index is -1.40. The van der Waals surface area contributed by atoms with Crippen LogP contribution in [0.25, 0.3) is 0 Å². The number of hydrogen-bond donors (Lipinski definition) is 2. The summed E-state index contributed by atoms with van der Waals surface area (Å²) in [5.41, 5.74) is 6.45. The SMILES string of the molecule is CCCC(=O)OC(C)C(C)C(c1ccc(OC(=O)OC(C)C(C)C)c(OC(=O)OC(C)C(C)C)c1)[C@H](N)C(=O)O. The largest absolute Gasteiger partial charge is 0.514 e. The fourth-order valence-corrected chi connectivity index (χ4v) is 3.56. The average Bonchev–Trinajstić information content (AvgIpc) is 2.85. The zero-order valence-corrected chi connectivity index (χ0v) is 25.0. The van der Waals surface area contributed by atoms with E-state index in [2.05, 4.69) is 0 Å². The fourth-order valence-electron chi connectivity index (χ4n) is 3.56. The van der Waals surface area contributed by atoms with Crippen LogP contribution in [0, 0.1) is 17.8 Å². The van der Waals surface area contributed by atoms with Gasteiger partial charge in [-0.15, -0.1) is 0 Å². The number of aliphatic carboxylic acids is 1. The van der Waals surface area contributed by atoms with E-state index < -0.39 is 60.4 Å². The Bertz CT molecular complexity index is 1010. The monoisotopic (exact) mass is 567 g/mol. The minimum Gasteiger partial charge on any atom is -0.480 e. The number of benzene rings is 1. The summed E-state index contributed by atoms with van der Waals surface area (Å²) in [5, 5.41) is 9.75. The molecule has 226 valence electrons. The molecule has 0 fully saturated rings.